The molecule has 212 valence electrons. The summed E-state index contributed by atoms with van der Waals surface area (Å²) in [4.78, 5) is 36.0. The van der Waals surface area contributed by atoms with E-state index in [-0.39, 0.29) is 30.9 Å². The maximum absolute atomic E-state index is 12.5. The van der Waals surface area contributed by atoms with Crippen LogP contribution in [0.2, 0.25) is 0 Å². The maximum Gasteiger partial charge on any atom is 0.306 e. The van der Waals surface area contributed by atoms with Gasteiger partial charge in [-0.1, -0.05) is 96.1 Å². The van der Waals surface area contributed by atoms with Gasteiger partial charge in [0.05, 0.1) is 12.2 Å². The second-order valence-electron chi connectivity index (χ2n) is 10.2. The molecule has 0 amide bonds. The summed E-state index contributed by atoms with van der Waals surface area (Å²) in [5.41, 5.74) is 0.708. The lowest BCUT2D eigenvalue weighted by Crippen LogP contribution is -2.30. The molecule has 0 spiro atoms. The molecule has 0 aliphatic carbocycles. The zero-order valence-electron chi connectivity index (χ0n) is 23.7. The van der Waals surface area contributed by atoms with Crippen molar-refractivity contribution in [2.45, 2.75) is 149 Å². The predicted octanol–water partition coefficient (Wildman–Crippen LogP) is 6.54. The third kappa shape index (κ3) is 18.6. The lowest BCUT2D eigenvalue weighted by Gasteiger charge is -2.18. The zero-order chi connectivity index (χ0) is 27.1. The normalized spacial score (nSPS) is 11.9. The van der Waals surface area contributed by atoms with Gasteiger partial charge in [0.15, 0.2) is 6.10 Å². The highest BCUT2D eigenvalue weighted by Crippen LogP contribution is 2.12. The summed E-state index contributed by atoms with van der Waals surface area (Å²) in [6, 6.07) is 0. The lowest BCUT2D eigenvalue weighted by atomic mass is 10.1. The summed E-state index contributed by atoms with van der Waals surface area (Å²) < 4.78 is 12.7. The van der Waals surface area contributed by atoms with Gasteiger partial charge in [0.1, 0.15) is 12.4 Å². The molecule has 0 N–H and O–H groups in total. The average molecular weight is 522 g/mol. The molecule has 1 aromatic heterocycles. The highest BCUT2D eigenvalue weighted by Gasteiger charge is 2.19. The van der Waals surface area contributed by atoms with Crippen LogP contribution in [-0.4, -0.2) is 45.4 Å². The van der Waals surface area contributed by atoms with E-state index in [2.05, 4.69) is 24.2 Å². The minimum atomic E-state index is -0.627. The number of aryl methyl sites for hydroxylation is 1. The summed E-state index contributed by atoms with van der Waals surface area (Å²) in [7, 11) is 0. The molecule has 8 nitrogen and oxygen atoms in total. The molecule has 0 aliphatic rings. The number of ketones is 1. The summed E-state index contributed by atoms with van der Waals surface area (Å²) in [5.74, 6) is -0.444. The van der Waals surface area contributed by atoms with E-state index in [1.807, 2.05) is 0 Å². The largest absolute Gasteiger partial charge is 0.462 e. The average Bonchev–Trinajstić information content (AvgIpc) is 3.32. The number of hydrogen-bond acceptors (Lipinski definition) is 7. The van der Waals surface area contributed by atoms with Gasteiger partial charge in [0.25, 0.3) is 0 Å². The highest BCUT2D eigenvalue weighted by atomic mass is 16.6. The number of aromatic nitrogens is 3. The van der Waals surface area contributed by atoms with Gasteiger partial charge in [-0.3, -0.25) is 9.59 Å². The van der Waals surface area contributed by atoms with Crippen LogP contribution in [0.4, 0.5) is 0 Å². The molecule has 0 radical (unpaired) electrons. The molecule has 0 aliphatic heterocycles. The first-order chi connectivity index (χ1) is 17.9. The quantitative estimate of drug-likeness (QED) is 0.112. The van der Waals surface area contributed by atoms with Crippen molar-refractivity contribution >= 4 is 17.7 Å². The topological polar surface area (TPSA) is 100 Å². The van der Waals surface area contributed by atoms with Crippen molar-refractivity contribution in [1.29, 1.82) is 0 Å². The second kappa shape index (κ2) is 21.8. The van der Waals surface area contributed by atoms with Crippen LogP contribution in [0.25, 0.3) is 0 Å². The molecule has 0 aromatic carbocycles. The number of esters is 2. The molecule has 0 saturated heterocycles. The van der Waals surface area contributed by atoms with Crippen LogP contribution < -0.4 is 0 Å². The smallest absolute Gasteiger partial charge is 0.306 e. The van der Waals surface area contributed by atoms with E-state index in [0.29, 0.717) is 31.4 Å². The molecule has 0 saturated carbocycles. The molecule has 8 heteroatoms. The van der Waals surface area contributed by atoms with E-state index in [4.69, 9.17) is 9.47 Å². The Bertz CT molecular complexity index is 750. The Kier molecular flexibility index (Phi) is 19.3. The number of Topliss-reactive ketones (excluding diaryl/α,β-unsaturated/α-hetero) is 1. The maximum atomic E-state index is 12.5. The van der Waals surface area contributed by atoms with E-state index in [1.54, 1.807) is 17.8 Å². The Labute approximate surface area is 224 Å². The van der Waals surface area contributed by atoms with Crippen LogP contribution in [0.15, 0.2) is 6.20 Å². The van der Waals surface area contributed by atoms with Crippen molar-refractivity contribution in [1.82, 2.24) is 15.0 Å². The summed E-state index contributed by atoms with van der Waals surface area (Å²) in [6.45, 7) is 6.20. The molecule has 1 heterocycles. The Morgan fingerprint density at radius 3 is 1.89 bits per heavy atom. The molecule has 1 unspecified atom stereocenters. The van der Waals surface area contributed by atoms with E-state index < -0.39 is 6.10 Å². The summed E-state index contributed by atoms with van der Waals surface area (Å²) in [6.07, 6.45) is 18.6. The number of carbonyl (C=O) groups excluding carboxylic acids is 3. The second-order valence-corrected chi connectivity index (χ2v) is 10.2. The number of carbonyl (C=O) groups is 3. The SMILES string of the molecule is CCCCCCCCCC(=O)OCC(Cn1cc(CCC(C)=O)nn1)OC(=O)CCCCCCCCC. The first-order valence-electron chi connectivity index (χ1n) is 14.7. The Hall–Kier alpha value is -2.25. The molecule has 1 atom stereocenters. The van der Waals surface area contributed by atoms with Gasteiger partial charge in [-0.2, -0.15) is 0 Å². The van der Waals surface area contributed by atoms with Crippen LogP contribution in [-0.2, 0) is 36.8 Å². The molecular weight excluding hydrogens is 470 g/mol. The van der Waals surface area contributed by atoms with Crippen LogP contribution in [0, 0.1) is 0 Å². The monoisotopic (exact) mass is 521 g/mol. The summed E-state index contributed by atoms with van der Waals surface area (Å²) in [5, 5.41) is 8.19. The molecule has 1 rings (SSSR count). The van der Waals surface area contributed by atoms with Crippen molar-refractivity contribution in [2.24, 2.45) is 0 Å². The summed E-state index contributed by atoms with van der Waals surface area (Å²) >= 11 is 0. The fourth-order valence-corrected chi connectivity index (χ4v) is 4.13. The van der Waals surface area contributed by atoms with Gasteiger partial charge in [-0.25, -0.2) is 4.68 Å². The van der Waals surface area contributed by atoms with Gasteiger partial charge in [-0.15, -0.1) is 5.10 Å². The predicted molar refractivity (Wildman–Crippen MR) is 145 cm³/mol. The number of ether oxygens (including phenoxy) is 2. The molecule has 1 aromatic rings. The van der Waals surface area contributed by atoms with E-state index in [0.717, 1.165) is 38.5 Å². The lowest BCUT2D eigenvalue weighted by molar-refractivity contribution is -0.160. The highest BCUT2D eigenvalue weighted by molar-refractivity contribution is 5.75. The Balaban J connectivity index is 2.47. The number of rotatable bonds is 24. The van der Waals surface area contributed by atoms with E-state index in [9.17, 15) is 14.4 Å². The van der Waals surface area contributed by atoms with Crippen LogP contribution in [0.3, 0.4) is 0 Å². The standard InChI is InChI=1S/C29H51N3O5/c1-4-6-8-10-12-14-16-18-28(34)36-24-27(23-32-22-26(30-31-32)21-20-25(3)33)37-29(35)19-17-15-13-11-9-7-5-2/h22,27H,4-21,23-24H2,1-3H3. The molecule has 37 heavy (non-hydrogen) atoms. The van der Waals surface area contributed by atoms with Gasteiger partial charge < -0.3 is 14.3 Å². The fourth-order valence-electron chi connectivity index (χ4n) is 4.13. The van der Waals surface area contributed by atoms with Gasteiger partial charge in [-0.05, 0) is 26.2 Å². The van der Waals surface area contributed by atoms with Crippen LogP contribution in [0.5, 0.6) is 0 Å². The Morgan fingerprint density at radius 2 is 1.32 bits per heavy atom. The fraction of sp³-hybridized carbons (Fsp3) is 0.828. The third-order valence-electron chi connectivity index (χ3n) is 6.41. The van der Waals surface area contributed by atoms with Crippen molar-refractivity contribution in [3.63, 3.8) is 0 Å². The van der Waals surface area contributed by atoms with Crippen LogP contribution >= 0.6 is 0 Å². The third-order valence-corrected chi connectivity index (χ3v) is 6.41. The van der Waals surface area contributed by atoms with Crippen LogP contribution in [0.1, 0.15) is 136 Å². The van der Waals surface area contributed by atoms with Gasteiger partial charge >= 0.3 is 11.9 Å². The minimum absolute atomic E-state index is 0.000725. The number of nitrogens with zero attached hydrogens (tertiary/aromatic N) is 3. The van der Waals surface area contributed by atoms with Crippen molar-refractivity contribution < 1.29 is 23.9 Å². The van der Waals surface area contributed by atoms with E-state index in [1.165, 1.54) is 51.4 Å². The van der Waals surface area contributed by atoms with Gasteiger partial charge in [0, 0.05) is 25.5 Å². The Morgan fingerprint density at radius 1 is 0.784 bits per heavy atom. The number of unbranched alkanes of at least 4 members (excludes halogenated alkanes) is 12. The minimum Gasteiger partial charge on any atom is -0.462 e. The van der Waals surface area contributed by atoms with Crippen molar-refractivity contribution in [3.8, 4) is 0 Å². The van der Waals surface area contributed by atoms with Gasteiger partial charge in [0.2, 0.25) is 0 Å². The molecular formula is C29H51N3O5. The number of hydrogen-bond donors (Lipinski definition) is 0. The first kappa shape index (κ1) is 32.8. The van der Waals surface area contributed by atoms with E-state index >= 15 is 0 Å². The van der Waals surface area contributed by atoms with Crippen molar-refractivity contribution in [3.05, 3.63) is 11.9 Å². The molecule has 0 fully saturated rings. The van der Waals surface area contributed by atoms with Crippen molar-refractivity contribution in [2.75, 3.05) is 6.61 Å². The first-order valence-corrected chi connectivity index (χ1v) is 14.7. The molecule has 0 bridgehead atoms. The zero-order valence-corrected chi connectivity index (χ0v) is 23.7.